The highest BCUT2D eigenvalue weighted by Crippen LogP contribution is 2.35. The number of alkyl halides is 3. The summed E-state index contributed by atoms with van der Waals surface area (Å²) in [5.41, 5.74) is 0.774. The molecule has 0 saturated heterocycles. The van der Waals surface area contributed by atoms with Crippen molar-refractivity contribution in [3.63, 3.8) is 0 Å². The van der Waals surface area contributed by atoms with E-state index >= 15 is 0 Å². The molecule has 0 saturated carbocycles. The molecule has 2 aromatic heterocycles. The summed E-state index contributed by atoms with van der Waals surface area (Å²) < 4.78 is 54.2. The summed E-state index contributed by atoms with van der Waals surface area (Å²) in [6.07, 6.45) is -3.23. The Balaban J connectivity index is 1.77. The molecule has 10 heteroatoms. The van der Waals surface area contributed by atoms with E-state index in [1.807, 2.05) is 0 Å². The average molecular weight is 415 g/mol. The third-order valence-electron chi connectivity index (χ3n) is 4.30. The van der Waals surface area contributed by atoms with E-state index < -0.39 is 16.9 Å². The number of rotatable bonds is 5. The third kappa shape index (κ3) is 3.94. The number of nitrogens with zero attached hydrogens (tertiary/aromatic N) is 4. The maximum Gasteiger partial charge on any atom is 0.436 e. The molecule has 0 atom stereocenters. The molecule has 0 aliphatic rings. The molecule has 5 nitrogen and oxygen atoms in total. The normalized spacial score (nSPS) is 11.8. The SMILES string of the molecule is Cc1c(Cl)c(C(F)(F)F)nn1CC(=O)Cc1cnn(-c2ccc(F)cc2)c1C. The summed E-state index contributed by atoms with van der Waals surface area (Å²) in [5.74, 6) is -0.729. The summed E-state index contributed by atoms with van der Waals surface area (Å²) in [6, 6.07) is 5.69. The topological polar surface area (TPSA) is 52.7 Å². The predicted octanol–water partition coefficient (Wildman–Crippen LogP) is 4.31. The first-order chi connectivity index (χ1) is 13.1. The van der Waals surface area contributed by atoms with Gasteiger partial charge in [-0.05, 0) is 38.1 Å². The van der Waals surface area contributed by atoms with Crippen LogP contribution < -0.4 is 0 Å². The van der Waals surface area contributed by atoms with Gasteiger partial charge in [0.15, 0.2) is 11.5 Å². The molecule has 3 aromatic rings. The van der Waals surface area contributed by atoms with Crippen LogP contribution in [0.5, 0.6) is 0 Å². The van der Waals surface area contributed by atoms with Crippen LogP contribution in [0.2, 0.25) is 5.02 Å². The Bertz CT molecular complexity index is 1020. The van der Waals surface area contributed by atoms with Crippen molar-refractivity contribution in [2.24, 2.45) is 0 Å². The van der Waals surface area contributed by atoms with Crippen molar-refractivity contribution < 1.29 is 22.4 Å². The van der Waals surface area contributed by atoms with Gasteiger partial charge in [0, 0.05) is 17.7 Å². The summed E-state index contributed by atoms with van der Waals surface area (Å²) in [6.45, 7) is 2.77. The fourth-order valence-corrected chi connectivity index (χ4v) is 3.00. The largest absolute Gasteiger partial charge is 0.436 e. The summed E-state index contributed by atoms with van der Waals surface area (Å²) in [4.78, 5) is 12.4. The van der Waals surface area contributed by atoms with E-state index in [-0.39, 0.29) is 30.3 Å². The zero-order chi connectivity index (χ0) is 20.6. The van der Waals surface area contributed by atoms with Gasteiger partial charge in [-0.3, -0.25) is 9.48 Å². The molecule has 0 fully saturated rings. The second-order valence-corrected chi connectivity index (χ2v) is 6.64. The Labute approximate surface area is 162 Å². The molecule has 0 radical (unpaired) electrons. The van der Waals surface area contributed by atoms with Gasteiger partial charge in [0.2, 0.25) is 0 Å². The van der Waals surface area contributed by atoms with Crippen LogP contribution in [-0.4, -0.2) is 25.3 Å². The second-order valence-electron chi connectivity index (χ2n) is 6.26. The van der Waals surface area contributed by atoms with E-state index in [0.717, 1.165) is 4.68 Å². The van der Waals surface area contributed by atoms with Crippen molar-refractivity contribution in [2.45, 2.75) is 33.0 Å². The van der Waals surface area contributed by atoms with Crippen molar-refractivity contribution in [1.29, 1.82) is 0 Å². The second kappa shape index (κ2) is 7.38. The van der Waals surface area contributed by atoms with Crippen LogP contribution in [0.15, 0.2) is 30.5 Å². The van der Waals surface area contributed by atoms with E-state index in [1.54, 1.807) is 23.7 Å². The minimum atomic E-state index is -4.69. The standard InChI is InChI=1S/C18H15ClF4N4O/c1-10-12(8-24-27(10)14-5-3-13(20)4-6-14)7-15(28)9-26-11(2)16(19)17(25-26)18(21,22)23/h3-6,8H,7,9H2,1-2H3. The number of hydrogen-bond acceptors (Lipinski definition) is 3. The van der Waals surface area contributed by atoms with Gasteiger partial charge < -0.3 is 0 Å². The Morgan fingerprint density at radius 1 is 1.14 bits per heavy atom. The fraction of sp³-hybridized carbons (Fsp3) is 0.278. The number of Topliss-reactive ketones (excluding diaryl/α,β-unsaturated/α-hetero) is 1. The van der Waals surface area contributed by atoms with E-state index in [1.165, 1.54) is 25.3 Å². The van der Waals surface area contributed by atoms with Gasteiger partial charge in [0.05, 0.1) is 22.6 Å². The van der Waals surface area contributed by atoms with Crippen LogP contribution in [0.25, 0.3) is 5.69 Å². The maximum absolute atomic E-state index is 13.1. The van der Waals surface area contributed by atoms with E-state index in [2.05, 4.69) is 10.2 Å². The van der Waals surface area contributed by atoms with Crippen molar-refractivity contribution in [3.05, 3.63) is 63.9 Å². The molecule has 0 aliphatic carbocycles. The first-order valence-electron chi connectivity index (χ1n) is 8.19. The van der Waals surface area contributed by atoms with Crippen molar-refractivity contribution in [3.8, 4) is 5.69 Å². The van der Waals surface area contributed by atoms with Crippen molar-refractivity contribution >= 4 is 17.4 Å². The molecule has 0 N–H and O–H groups in total. The van der Waals surface area contributed by atoms with E-state index in [4.69, 9.17) is 11.6 Å². The quantitative estimate of drug-likeness (QED) is 0.585. The van der Waals surface area contributed by atoms with Crippen LogP contribution >= 0.6 is 11.6 Å². The molecule has 148 valence electrons. The molecule has 3 rings (SSSR count). The minimum Gasteiger partial charge on any atom is -0.297 e. The Hall–Kier alpha value is -2.68. The van der Waals surface area contributed by atoms with E-state index in [0.29, 0.717) is 16.9 Å². The Morgan fingerprint density at radius 3 is 2.36 bits per heavy atom. The third-order valence-corrected chi connectivity index (χ3v) is 4.75. The number of carbonyl (C=O) groups is 1. The zero-order valence-corrected chi connectivity index (χ0v) is 15.6. The van der Waals surface area contributed by atoms with Gasteiger partial charge in [-0.2, -0.15) is 23.4 Å². The molecule has 28 heavy (non-hydrogen) atoms. The van der Waals surface area contributed by atoms with Gasteiger partial charge in [-0.25, -0.2) is 9.07 Å². The molecule has 1 aromatic carbocycles. The fourth-order valence-electron chi connectivity index (χ4n) is 2.75. The molecular formula is C18H15ClF4N4O. The Morgan fingerprint density at radius 2 is 1.79 bits per heavy atom. The number of carbonyl (C=O) groups excluding carboxylic acids is 1. The first-order valence-corrected chi connectivity index (χ1v) is 8.57. The van der Waals surface area contributed by atoms with Gasteiger partial charge in [-0.15, -0.1) is 0 Å². The van der Waals surface area contributed by atoms with Crippen LogP contribution in [-0.2, 0) is 23.9 Å². The van der Waals surface area contributed by atoms with Crippen molar-refractivity contribution in [1.82, 2.24) is 19.6 Å². The van der Waals surface area contributed by atoms with Gasteiger partial charge in [-0.1, -0.05) is 11.6 Å². The number of halogens is 5. The molecular weight excluding hydrogens is 400 g/mol. The van der Waals surface area contributed by atoms with Crippen LogP contribution in [0.1, 0.15) is 22.6 Å². The average Bonchev–Trinajstić information content (AvgIpc) is 3.10. The highest BCUT2D eigenvalue weighted by atomic mass is 35.5. The smallest absolute Gasteiger partial charge is 0.297 e. The van der Waals surface area contributed by atoms with Crippen LogP contribution in [0.4, 0.5) is 17.6 Å². The molecule has 0 unspecified atom stereocenters. The first kappa shape index (κ1) is 20.1. The van der Waals surface area contributed by atoms with Gasteiger partial charge in [0.25, 0.3) is 0 Å². The lowest BCUT2D eigenvalue weighted by Crippen LogP contribution is -2.16. The number of ketones is 1. The summed E-state index contributed by atoms with van der Waals surface area (Å²) >= 11 is 5.70. The van der Waals surface area contributed by atoms with E-state index in [9.17, 15) is 22.4 Å². The van der Waals surface area contributed by atoms with Crippen LogP contribution in [0.3, 0.4) is 0 Å². The molecule has 0 aliphatic heterocycles. The number of aromatic nitrogens is 4. The lowest BCUT2D eigenvalue weighted by Gasteiger charge is -2.06. The monoisotopic (exact) mass is 414 g/mol. The zero-order valence-electron chi connectivity index (χ0n) is 14.9. The Kier molecular flexibility index (Phi) is 5.29. The molecule has 0 amide bonds. The lowest BCUT2D eigenvalue weighted by atomic mass is 10.1. The molecule has 2 heterocycles. The number of benzene rings is 1. The predicted molar refractivity (Wildman–Crippen MR) is 93.9 cm³/mol. The van der Waals surface area contributed by atoms with Gasteiger partial charge in [0.1, 0.15) is 12.4 Å². The number of hydrogen-bond donors (Lipinski definition) is 0. The maximum atomic E-state index is 13.1. The summed E-state index contributed by atoms with van der Waals surface area (Å²) in [7, 11) is 0. The van der Waals surface area contributed by atoms with Crippen molar-refractivity contribution in [2.75, 3.05) is 0 Å². The molecule has 0 spiro atoms. The summed E-state index contributed by atoms with van der Waals surface area (Å²) in [5, 5.41) is 7.11. The molecule has 0 bridgehead atoms. The van der Waals surface area contributed by atoms with Gasteiger partial charge >= 0.3 is 6.18 Å². The highest BCUT2D eigenvalue weighted by Gasteiger charge is 2.38. The van der Waals surface area contributed by atoms with Crippen LogP contribution in [0, 0.1) is 19.7 Å². The lowest BCUT2D eigenvalue weighted by molar-refractivity contribution is -0.141. The minimum absolute atomic E-state index is 0.0364. The highest BCUT2D eigenvalue weighted by molar-refractivity contribution is 6.32.